The number of rotatable bonds is 12. The molecule has 0 saturated heterocycles. The molecule has 0 aromatic heterocycles. The first-order valence-corrected chi connectivity index (χ1v) is 14.1. The first kappa shape index (κ1) is 34.4. The molecule has 3 aromatic carbocycles. The number of hydrogen-bond acceptors (Lipinski definition) is 5. The molecule has 0 bridgehead atoms. The number of benzene rings is 3. The van der Waals surface area contributed by atoms with Gasteiger partial charge in [-0.1, -0.05) is 79.0 Å². The molecule has 0 spiro atoms. The zero-order valence-corrected chi connectivity index (χ0v) is 26.1. The number of nitrogens with one attached hydrogen (secondary N) is 2. The number of hydrogen-bond donors (Lipinski definition) is 2. The highest BCUT2D eigenvalue weighted by Gasteiger charge is 2.25. The molecule has 0 aliphatic carbocycles. The highest BCUT2D eigenvalue weighted by atomic mass is 35.5. The molecule has 2 amide bonds. The lowest BCUT2D eigenvalue weighted by Gasteiger charge is -2.21. The molecule has 0 saturated carbocycles. The van der Waals surface area contributed by atoms with Gasteiger partial charge in [0.15, 0.2) is 0 Å². The molecule has 1 unspecified atom stereocenters. The summed E-state index contributed by atoms with van der Waals surface area (Å²) < 4.78 is 5.55. The van der Waals surface area contributed by atoms with Crippen LogP contribution in [0.1, 0.15) is 45.7 Å². The molecule has 0 heterocycles. The van der Waals surface area contributed by atoms with E-state index >= 15 is 0 Å². The van der Waals surface area contributed by atoms with Crippen LogP contribution in [0.15, 0.2) is 60.7 Å². The van der Waals surface area contributed by atoms with Gasteiger partial charge in [-0.3, -0.25) is 9.59 Å². The summed E-state index contributed by atoms with van der Waals surface area (Å²) in [5.41, 5.74) is 2.44. The van der Waals surface area contributed by atoms with Gasteiger partial charge in [0.1, 0.15) is 12.6 Å². The molecular weight excluding hydrogens is 608 g/mol. The number of halogens is 4. The summed E-state index contributed by atoms with van der Waals surface area (Å²) in [7, 11) is 0. The number of aryl methyl sites for hydroxylation is 1. The van der Waals surface area contributed by atoms with Crippen LogP contribution in [0, 0.1) is 6.92 Å². The van der Waals surface area contributed by atoms with Gasteiger partial charge in [0.05, 0.1) is 26.2 Å². The van der Waals surface area contributed by atoms with Gasteiger partial charge in [0, 0.05) is 18.7 Å². The van der Waals surface area contributed by atoms with Gasteiger partial charge >= 0.3 is 5.97 Å². The molecule has 1 atom stereocenters. The second-order valence-corrected chi connectivity index (χ2v) is 10.3. The van der Waals surface area contributed by atoms with Gasteiger partial charge in [0.25, 0.3) is 11.8 Å². The van der Waals surface area contributed by atoms with E-state index in [9.17, 15) is 14.4 Å². The standard InChI is InChI=1S/C30H32Cl3N3O4.ClH/c1-4-36(5-2)16-17-40-30(39)25(35-28(37)26-19(3)8-6-9-22(26)31)18-20-12-14-21(15-13-20)34-29(38)27-23(32)10-7-11-24(27)33;/h6-15,25H,4-5,16-18H2,1-3H3,(H,34,38)(H,35,37);1H. The number of amides is 2. The van der Waals surface area contributed by atoms with Crippen LogP contribution in [0.4, 0.5) is 5.69 Å². The maximum absolute atomic E-state index is 13.2. The third-order valence-corrected chi connectivity index (χ3v) is 7.37. The van der Waals surface area contributed by atoms with Crippen LogP contribution >= 0.6 is 47.2 Å². The van der Waals surface area contributed by atoms with Crippen LogP contribution in [0.2, 0.25) is 15.1 Å². The van der Waals surface area contributed by atoms with Gasteiger partial charge < -0.3 is 20.3 Å². The third kappa shape index (κ3) is 9.62. The predicted octanol–water partition coefficient (Wildman–Crippen LogP) is 6.86. The summed E-state index contributed by atoms with van der Waals surface area (Å²) in [6.07, 6.45) is 0.171. The number of nitrogens with zero attached hydrogens (tertiary/aromatic N) is 1. The van der Waals surface area contributed by atoms with E-state index in [2.05, 4.69) is 15.5 Å². The van der Waals surface area contributed by atoms with Crippen LogP contribution in [0.3, 0.4) is 0 Å². The highest BCUT2D eigenvalue weighted by molar-refractivity contribution is 6.40. The van der Waals surface area contributed by atoms with Crippen LogP contribution in [-0.4, -0.2) is 55.0 Å². The van der Waals surface area contributed by atoms with E-state index in [-0.39, 0.29) is 41.0 Å². The number of carbonyl (C=O) groups excluding carboxylic acids is 3. The normalized spacial score (nSPS) is 11.4. The topological polar surface area (TPSA) is 87.7 Å². The second-order valence-electron chi connectivity index (χ2n) is 9.10. The zero-order chi connectivity index (χ0) is 29.2. The molecule has 0 radical (unpaired) electrons. The van der Waals surface area contributed by atoms with Gasteiger partial charge in [-0.2, -0.15) is 0 Å². The molecule has 11 heteroatoms. The molecule has 0 fully saturated rings. The first-order chi connectivity index (χ1) is 19.1. The van der Waals surface area contributed by atoms with Crippen LogP contribution in [0.25, 0.3) is 0 Å². The average Bonchev–Trinajstić information content (AvgIpc) is 2.91. The Morgan fingerprint density at radius 3 is 1.95 bits per heavy atom. The number of esters is 1. The number of carbonyl (C=O) groups is 3. The van der Waals surface area contributed by atoms with E-state index in [0.717, 1.165) is 18.7 Å². The Morgan fingerprint density at radius 1 is 0.829 bits per heavy atom. The largest absolute Gasteiger partial charge is 0.463 e. The lowest BCUT2D eigenvalue weighted by molar-refractivity contribution is -0.146. The molecular formula is C30H33Cl4N3O4. The van der Waals surface area contributed by atoms with Gasteiger partial charge in [-0.15, -0.1) is 12.4 Å². The summed E-state index contributed by atoms with van der Waals surface area (Å²) in [5, 5.41) is 6.35. The van der Waals surface area contributed by atoms with Crippen molar-refractivity contribution in [2.24, 2.45) is 0 Å². The molecule has 2 N–H and O–H groups in total. The van der Waals surface area contributed by atoms with Crippen LogP contribution < -0.4 is 10.6 Å². The summed E-state index contributed by atoms with van der Waals surface area (Å²) in [6, 6.07) is 15.9. The molecule has 0 aliphatic heterocycles. The minimum Gasteiger partial charge on any atom is -0.463 e. The quantitative estimate of drug-likeness (QED) is 0.211. The lowest BCUT2D eigenvalue weighted by Crippen LogP contribution is -2.44. The van der Waals surface area contributed by atoms with Crippen molar-refractivity contribution in [3.8, 4) is 0 Å². The molecule has 0 aliphatic rings. The summed E-state index contributed by atoms with van der Waals surface area (Å²) in [6.45, 7) is 8.32. The lowest BCUT2D eigenvalue weighted by atomic mass is 10.0. The molecule has 7 nitrogen and oxygen atoms in total. The minimum atomic E-state index is -0.956. The Labute approximate surface area is 261 Å². The van der Waals surface area contributed by atoms with Crippen molar-refractivity contribution in [1.82, 2.24) is 10.2 Å². The Kier molecular flexibility index (Phi) is 13.9. The molecule has 3 aromatic rings. The van der Waals surface area contributed by atoms with Gasteiger partial charge in [-0.25, -0.2) is 4.79 Å². The van der Waals surface area contributed by atoms with E-state index < -0.39 is 23.8 Å². The minimum absolute atomic E-state index is 0. The average molecular weight is 641 g/mol. The Bertz CT molecular complexity index is 1310. The highest BCUT2D eigenvalue weighted by Crippen LogP contribution is 2.25. The summed E-state index contributed by atoms with van der Waals surface area (Å²) >= 11 is 18.6. The number of likely N-dealkylation sites (N-methyl/N-ethyl adjacent to an activating group) is 1. The van der Waals surface area contributed by atoms with Gasteiger partial charge in [-0.05, 0) is 61.5 Å². The SMILES string of the molecule is CCN(CC)CCOC(=O)C(Cc1ccc(NC(=O)c2c(Cl)cccc2Cl)cc1)NC(=O)c1c(C)cccc1Cl.Cl. The second kappa shape index (κ2) is 16.6. The molecule has 220 valence electrons. The summed E-state index contributed by atoms with van der Waals surface area (Å²) in [4.78, 5) is 41.1. The molecule has 41 heavy (non-hydrogen) atoms. The fraction of sp³-hybridized carbons (Fsp3) is 0.300. The summed E-state index contributed by atoms with van der Waals surface area (Å²) in [5.74, 6) is -1.45. The Hall–Kier alpha value is -2.81. The van der Waals surface area contributed by atoms with Crippen molar-refractivity contribution in [3.05, 3.63) is 98.0 Å². The first-order valence-electron chi connectivity index (χ1n) is 12.9. The molecule has 3 rings (SSSR count). The maximum atomic E-state index is 13.2. The van der Waals surface area contributed by atoms with Crippen LogP contribution in [-0.2, 0) is 16.0 Å². The Balaban J connectivity index is 0.00000588. The smallest absolute Gasteiger partial charge is 0.329 e. The van der Waals surface area contributed by atoms with E-state index in [1.807, 2.05) is 13.8 Å². The zero-order valence-electron chi connectivity index (χ0n) is 23.0. The van der Waals surface area contributed by atoms with Crippen molar-refractivity contribution in [3.63, 3.8) is 0 Å². The van der Waals surface area contributed by atoms with Crippen molar-refractivity contribution >= 4 is 70.7 Å². The van der Waals surface area contributed by atoms with Crippen molar-refractivity contribution in [2.45, 2.75) is 33.2 Å². The predicted molar refractivity (Wildman–Crippen MR) is 168 cm³/mol. The van der Waals surface area contributed by atoms with E-state index in [0.29, 0.717) is 28.4 Å². The van der Waals surface area contributed by atoms with E-state index in [1.54, 1.807) is 67.6 Å². The van der Waals surface area contributed by atoms with E-state index in [1.165, 1.54) is 0 Å². The van der Waals surface area contributed by atoms with Gasteiger partial charge in [0.2, 0.25) is 0 Å². The van der Waals surface area contributed by atoms with E-state index in [4.69, 9.17) is 39.5 Å². The monoisotopic (exact) mass is 639 g/mol. The van der Waals surface area contributed by atoms with Crippen molar-refractivity contribution < 1.29 is 19.1 Å². The fourth-order valence-corrected chi connectivity index (χ4v) is 5.00. The third-order valence-electron chi connectivity index (χ3n) is 6.43. The van der Waals surface area contributed by atoms with Crippen LogP contribution in [0.5, 0.6) is 0 Å². The fourth-order valence-electron chi connectivity index (χ4n) is 4.13. The van der Waals surface area contributed by atoms with Crippen molar-refractivity contribution in [2.75, 3.05) is 31.6 Å². The number of anilines is 1. The number of ether oxygens (including phenoxy) is 1. The van der Waals surface area contributed by atoms with Crippen molar-refractivity contribution in [1.29, 1.82) is 0 Å². The Morgan fingerprint density at radius 2 is 1.39 bits per heavy atom. The maximum Gasteiger partial charge on any atom is 0.329 e.